The van der Waals surface area contributed by atoms with Crippen LogP contribution in [0.15, 0.2) is 35.5 Å². The number of anilines is 1. The fourth-order valence-electron chi connectivity index (χ4n) is 3.19. The van der Waals surface area contributed by atoms with E-state index in [0.29, 0.717) is 40.8 Å². The van der Waals surface area contributed by atoms with Crippen molar-refractivity contribution in [3.05, 3.63) is 53.1 Å². The van der Waals surface area contributed by atoms with E-state index in [9.17, 15) is 9.18 Å². The number of amidine groups is 1. The van der Waals surface area contributed by atoms with Gasteiger partial charge in [-0.15, -0.1) is 6.42 Å². The summed E-state index contributed by atoms with van der Waals surface area (Å²) in [6.45, 7) is 5.74. The molecule has 0 aliphatic heterocycles. The summed E-state index contributed by atoms with van der Waals surface area (Å²) in [4.78, 5) is 21.0. The Kier molecular flexibility index (Phi) is 9.26. The highest BCUT2D eigenvalue weighted by Crippen LogP contribution is 2.31. The van der Waals surface area contributed by atoms with Crippen LogP contribution in [0.2, 0.25) is 0 Å². The number of aromatic nitrogens is 1. The highest BCUT2D eigenvalue weighted by Gasteiger charge is 2.29. The number of amides is 1. The van der Waals surface area contributed by atoms with E-state index in [-0.39, 0.29) is 11.5 Å². The Labute approximate surface area is 198 Å². The van der Waals surface area contributed by atoms with E-state index in [1.807, 2.05) is 6.92 Å². The summed E-state index contributed by atoms with van der Waals surface area (Å²) in [6, 6.07) is 6.11. The molecule has 2 rings (SSSR count). The molecule has 0 saturated carbocycles. The number of aliphatic imine (C=N–C) groups is 1. The molecule has 2 atom stereocenters. The Morgan fingerprint density at radius 3 is 2.79 bits per heavy atom. The highest BCUT2D eigenvalue weighted by atomic mass is 32.2. The van der Waals surface area contributed by atoms with Gasteiger partial charge in [-0.25, -0.2) is 9.37 Å². The first-order chi connectivity index (χ1) is 15.6. The molecule has 2 aromatic rings. The second-order valence-corrected chi connectivity index (χ2v) is 9.36. The van der Waals surface area contributed by atoms with E-state index in [0.717, 1.165) is 0 Å². The van der Waals surface area contributed by atoms with Gasteiger partial charge in [0.15, 0.2) is 11.3 Å². The third kappa shape index (κ3) is 7.48. The monoisotopic (exact) mass is 472 g/mol. The molecule has 1 amide bonds. The van der Waals surface area contributed by atoms with Gasteiger partial charge < -0.3 is 20.5 Å². The molecule has 176 valence electrons. The molecule has 7 nitrogen and oxygen atoms in total. The summed E-state index contributed by atoms with van der Waals surface area (Å²) in [6.07, 6.45) is 6.67. The topological polar surface area (TPSA) is 98.8 Å². The predicted molar refractivity (Wildman–Crippen MR) is 131 cm³/mol. The van der Waals surface area contributed by atoms with Gasteiger partial charge in [-0.3, -0.25) is 9.79 Å². The lowest BCUT2D eigenvalue weighted by Crippen LogP contribution is -2.33. The number of hydrogen-bond donors (Lipinski definition) is 2. The summed E-state index contributed by atoms with van der Waals surface area (Å²) < 4.78 is 24.9. The van der Waals surface area contributed by atoms with Gasteiger partial charge in [-0.05, 0) is 62.6 Å². The molecule has 9 heteroatoms. The van der Waals surface area contributed by atoms with Crippen LogP contribution in [0.4, 0.5) is 10.1 Å². The Hall–Kier alpha value is -3.09. The third-order valence-electron chi connectivity index (χ3n) is 4.70. The van der Waals surface area contributed by atoms with Crippen molar-refractivity contribution in [1.29, 1.82) is 0 Å². The zero-order valence-electron chi connectivity index (χ0n) is 19.4. The van der Waals surface area contributed by atoms with Crippen LogP contribution >= 0.6 is 11.8 Å². The van der Waals surface area contributed by atoms with E-state index in [1.54, 1.807) is 40.1 Å². The standard InChI is InChI=1S/C24H29FN4O3S/c1-7-16(3)32-19-10-15(2)21(28-13-19)22(30)29-18-8-9-20(25)17(11-18)12-24(4,14-31-6)33-23(26)27-5/h1,8-11,13,16H,12,14H2,2-6H3,(H2,26,27)(H,29,30)/t16-,24+/m0/s1. The number of ether oxygens (including phenoxy) is 2. The number of carbonyl (C=O) groups is 1. The smallest absolute Gasteiger partial charge is 0.274 e. The minimum atomic E-state index is -0.550. The molecule has 0 unspecified atom stereocenters. The van der Waals surface area contributed by atoms with Crippen molar-refractivity contribution in [2.75, 3.05) is 26.1 Å². The Morgan fingerprint density at radius 1 is 1.45 bits per heavy atom. The molecule has 0 aliphatic rings. The van der Waals surface area contributed by atoms with Gasteiger partial charge in [0.05, 0.1) is 12.8 Å². The fraction of sp³-hybridized carbons (Fsp3) is 0.375. The number of terminal acetylenes is 1. The van der Waals surface area contributed by atoms with Crippen LogP contribution in [0.1, 0.15) is 35.5 Å². The van der Waals surface area contributed by atoms with Crippen LogP contribution in [0, 0.1) is 25.1 Å². The van der Waals surface area contributed by atoms with Gasteiger partial charge in [0.25, 0.3) is 5.91 Å². The van der Waals surface area contributed by atoms with Crippen molar-refractivity contribution in [3.8, 4) is 18.1 Å². The number of nitrogens with two attached hydrogens (primary N) is 1. The number of halogens is 1. The zero-order valence-corrected chi connectivity index (χ0v) is 20.3. The average Bonchev–Trinajstić information content (AvgIpc) is 2.75. The van der Waals surface area contributed by atoms with Crippen LogP contribution in [0.3, 0.4) is 0 Å². The SMILES string of the molecule is C#C[C@H](C)Oc1cnc(C(=O)Nc2ccc(F)c(C[C@](C)(COC)S/C(N)=N\C)c2)c(C)c1. The number of benzene rings is 1. The third-order valence-corrected chi connectivity index (χ3v) is 5.85. The van der Waals surface area contributed by atoms with Gasteiger partial charge in [-0.2, -0.15) is 0 Å². The molecule has 1 heterocycles. The molecule has 0 radical (unpaired) electrons. The normalized spacial score (nSPS) is 14.2. The molecule has 0 aliphatic carbocycles. The van der Waals surface area contributed by atoms with Gasteiger partial charge >= 0.3 is 0 Å². The van der Waals surface area contributed by atoms with Crippen molar-refractivity contribution in [2.24, 2.45) is 10.7 Å². The number of thioether (sulfide) groups is 1. The quantitative estimate of drug-likeness (QED) is 0.327. The minimum Gasteiger partial charge on any atom is -0.476 e. The molecular formula is C24H29FN4O3S. The number of nitrogens with one attached hydrogen (secondary N) is 1. The summed E-state index contributed by atoms with van der Waals surface area (Å²) >= 11 is 1.32. The summed E-state index contributed by atoms with van der Waals surface area (Å²) in [5.74, 6) is 2.14. The number of rotatable bonds is 9. The zero-order chi connectivity index (χ0) is 24.6. The van der Waals surface area contributed by atoms with Crippen LogP contribution in [0.5, 0.6) is 5.75 Å². The predicted octanol–water partition coefficient (Wildman–Crippen LogP) is 3.81. The van der Waals surface area contributed by atoms with E-state index >= 15 is 0 Å². The van der Waals surface area contributed by atoms with Gasteiger partial charge in [0.2, 0.25) is 0 Å². The van der Waals surface area contributed by atoms with Gasteiger partial charge in [0, 0.05) is 24.6 Å². The number of methoxy groups -OCH3 is 1. The number of pyridine rings is 1. The van der Waals surface area contributed by atoms with E-state index in [4.69, 9.17) is 21.6 Å². The van der Waals surface area contributed by atoms with Crippen molar-refractivity contribution in [3.63, 3.8) is 0 Å². The molecule has 0 bridgehead atoms. The second kappa shape index (κ2) is 11.7. The van der Waals surface area contributed by atoms with Crippen LogP contribution in [-0.2, 0) is 11.2 Å². The maximum atomic E-state index is 14.6. The molecule has 33 heavy (non-hydrogen) atoms. The highest BCUT2D eigenvalue weighted by molar-refractivity contribution is 8.15. The van der Waals surface area contributed by atoms with Crippen molar-refractivity contribution in [1.82, 2.24) is 4.98 Å². The Bertz CT molecular complexity index is 1070. The van der Waals surface area contributed by atoms with Crippen molar-refractivity contribution < 1.29 is 18.7 Å². The summed E-state index contributed by atoms with van der Waals surface area (Å²) in [7, 11) is 3.17. The second-order valence-electron chi connectivity index (χ2n) is 7.75. The van der Waals surface area contributed by atoms with Crippen molar-refractivity contribution in [2.45, 2.75) is 38.0 Å². The van der Waals surface area contributed by atoms with E-state index < -0.39 is 16.8 Å². The Balaban J connectivity index is 2.22. The minimum absolute atomic E-state index is 0.230. The first-order valence-corrected chi connectivity index (χ1v) is 11.0. The van der Waals surface area contributed by atoms with Crippen LogP contribution < -0.4 is 15.8 Å². The van der Waals surface area contributed by atoms with Gasteiger partial charge in [-0.1, -0.05) is 17.7 Å². The van der Waals surface area contributed by atoms with Crippen LogP contribution in [-0.4, -0.2) is 47.7 Å². The molecule has 3 N–H and O–H groups in total. The molecule has 0 fully saturated rings. The summed E-state index contributed by atoms with van der Waals surface area (Å²) in [5, 5.41) is 3.16. The molecule has 1 aromatic carbocycles. The number of hydrogen-bond acceptors (Lipinski definition) is 6. The molecule has 0 saturated heterocycles. The number of aryl methyl sites for hydroxylation is 1. The lowest BCUT2D eigenvalue weighted by molar-refractivity contribution is 0.102. The fourth-order valence-corrected chi connectivity index (χ4v) is 4.19. The maximum Gasteiger partial charge on any atom is 0.274 e. The largest absolute Gasteiger partial charge is 0.476 e. The first kappa shape index (κ1) is 26.2. The first-order valence-electron chi connectivity index (χ1n) is 10.2. The van der Waals surface area contributed by atoms with E-state index in [2.05, 4.69) is 21.2 Å². The van der Waals surface area contributed by atoms with Crippen molar-refractivity contribution >= 4 is 28.5 Å². The van der Waals surface area contributed by atoms with E-state index in [1.165, 1.54) is 30.1 Å². The number of nitrogens with zero attached hydrogens (tertiary/aromatic N) is 2. The molecular weight excluding hydrogens is 443 g/mol. The lowest BCUT2D eigenvalue weighted by Gasteiger charge is -2.28. The van der Waals surface area contributed by atoms with Crippen LogP contribution in [0.25, 0.3) is 0 Å². The lowest BCUT2D eigenvalue weighted by atomic mass is 10.00. The van der Waals surface area contributed by atoms with Gasteiger partial charge in [0.1, 0.15) is 17.3 Å². The maximum absolute atomic E-state index is 14.6. The average molecular weight is 473 g/mol. The summed E-state index contributed by atoms with van der Waals surface area (Å²) in [5.41, 5.74) is 7.59. The molecule has 1 aromatic heterocycles. The Morgan fingerprint density at radius 2 is 2.18 bits per heavy atom. The number of carbonyl (C=O) groups excluding carboxylic acids is 1. The molecule has 0 spiro atoms.